The average Bonchev–Trinajstić information content (AvgIpc) is 3.50. The zero-order chi connectivity index (χ0) is 27.0. The number of aliphatic hydroxyl groups excluding tert-OH is 1. The third kappa shape index (κ3) is 4.50. The van der Waals surface area contributed by atoms with Gasteiger partial charge in [-0.1, -0.05) is 42.5 Å². The average molecular weight is 511 g/mol. The maximum absolute atomic E-state index is 14.4. The molecule has 0 aliphatic carbocycles. The molecule has 0 aromatic heterocycles. The monoisotopic (exact) mass is 510 g/mol. The summed E-state index contributed by atoms with van der Waals surface area (Å²) in [5.41, 5.74) is -1.03. The van der Waals surface area contributed by atoms with Crippen LogP contribution in [0.25, 0.3) is 0 Å². The first-order valence-corrected chi connectivity index (χ1v) is 13.0. The topological polar surface area (TPSA) is 96.4 Å². The molecule has 4 rings (SSSR count). The summed E-state index contributed by atoms with van der Waals surface area (Å²) in [4.78, 5) is 45.0. The largest absolute Gasteiger partial charge is 0.465 e. The van der Waals surface area contributed by atoms with Crippen LogP contribution in [-0.2, 0) is 23.9 Å². The van der Waals surface area contributed by atoms with Crippen LogP contribution in [0.4, 0.5) is 0 Å². The minimum Gasteiger partial charge on any atom is -0.465 e. The van der Waals surface area contributed by atoms with E-state index in [1.165, 1.54) is 4.90 Å². The molecule has 3 aliphatic rings. The standard InChI is InChI=1S/C29H38N2O6/c1-6-8-17-36-27(35)22-21-14-15-29(37-21)23(22)25(33)31(20(18-32)19-12-10-9-11-13-19)24(29)26(34)30(16-7-2)28(3,4)5/h6-7,9-13,20-24,32H,1-2,8,14-18H2,3-5H3/t20-,21+,22-,23+,24?,29?/m1/s1. The fourth-order valence-electron chi connectivity index (χ4n) is 6.31. The molecule has 3 aliphatic heterocycles. The molecular formula is C29H38N2O6. The van der Waals surface area contributed by atoms with Crippen molar-refractivity contribution in [2.24, 2.45) is 11.8 Å². The van der Waals surface area contributed by atoms with Crippen LogP contribution in [0.2, 0.25) is 0 Å². The van der Waals surface area contributed by atoms with Crippen molar-refractivity contribution >= 4 is 17.8 Å². The van der Waals surface area contributed by atoms with Crippen molar-refractivity contribution in [3.05, 3.63) is 61.2 Å². The summed E-state index contributed by atoms with van der Waals surface area (Å²) in [5, 5.41) is 10.5. The van der Waals surface area contributed by atoms with Gasteiger partial charge in [0.2, 0.25) is 11.8 Å². The molecule has 0 saturated carbocycles. The van der Waals surface area contributed by atoms with Gasteiger partial charge in [-0.25, -0.2) is 0 Å². The molecule has 0 radical (unpaired) electrons. The summed E-state index contributed by atoms with van der Waals surface area (Å²) in [7, 11) is 0. The van der Waals surface area contributed by atoms with Crippen molar-refractivity contribution in [3.8, 4) is 0 Å². The van der Waals surface area contributed by atoms with Crippen molar-refractivity contribution < 1.29 is 29.0 Å². The first-order chi connectivity index (χ1) is 17.6. The lowest BCUT2D eigenvalue weighted by Crippen LogP contribution is -2.60. The summed E-state index contributed by atoms with van der Waals surface area (Å²) in [6, 6.07) is 7.39. The highest BCUT2D eigenvalue weighted by molar-refractivity contribution is 5.98. The second kappa shape index (κ2) is 10.4. The van der Waals surface area contributed by atoms with E-state index >= 15 is 0 Å². The van der Waals surface area contributed by atoms with Crippen LogP contribution in [0.5, 0.6) is 0 Å². The van der Waals surface area contributed by atoms with E-state index in [0.29, 0.717) is 24.8 Å². The predicted octanol–water partition coefficient (Wildman–Crippen LogP) is 3.03. The number of ether oxygens (including phenoxy) is 2. The summed E-state index contributed by atoms with van der Waals surface area (Å²) in [6.45, 7) is 13.3. The summed E-state index contributed by atoms with van der Waals surface area (Å²) < 4.78 is 12.0. The SMILES string of the molecule is C=CCCOC(=O)[C@@H]1[C@@H]2CCC3(O2)C(C(=O)N(CC=C)C(C)(C)C)N([C@H](CO)c2ccccc2)C(=O)[C@H]13. The number of hydrogen-bond donors (Lipinski definition) is 1. The van der Waals surface area contributed by atoms with Gasteiger partial charge in [0.05, 0.1) is 37.2 Å². The smallest absolute Gasteiger partial charge is 0.312 e. The van der Waals surface area contributed by atoms with Gasteiger partial charge in [0, 0.05) is 12.1 Å². The lowest BCUT2D eigenvalue weighted by molar-refractivity contribution is -0.157. The van der Waals surface area contributed by atoms with Crippen LogP contribution >= 0.6 is 0 Å². The van der Waals surface area contributed by atoms with Gasteiger partial charge in [0.15, 0.2) is 0 Å². The molecule has 1 spiro atoms. The van der Waals surface area contributed by atoms with Crippen LogP contribution < -0.4 is 0 Å². The molecule has 3 heterocycles. The van der Waals surface area contributed by atoms with Crippen LogP contribution in [0.3, 0.4) is 0 Å². The maximum atomic E-state index is 14.4. The Morgan fingerprint density at radius 3 is 2.57 bits per heavy atom. The number of carbonyl (C=O) groups excluding carboxylic acids is 3. The molecule has 2 bridgehead atoms. The molecule has 1 aromatic rings. The van der Waals surface area contributed by atoms with E-state index in [1.54, 1.807) is 17.1 Å². The molecule has 1 aromatic carbocycles. The highest BCUT2D eigenvalue weighted by atomic mass is 16.6. The molecule has 8 nitrogen and oxygen atoms in total. The number of likely N-dealkylation sites (tertiary alicyclic amines) is 1. The molecular weight excluding hydrogens is 472 g/mol. The zero-order valence-electron chi connectivity index (χ0n) is 22.0. The Labute approximate surface area is 218 Å². The van der Waals surface area contributed by atoms with Crippen molar-refractivity contribution in [1.82, 2.24) is 9.80 Å². The highest BCUT2D eigenvalue weighted by Gasteiger charge is 2.76. The van der Waals surface area contributed by atoms with Gasteiger partial charge in [-0.3, -0.25) is 14.4 Å². The second-order valence-electron chi connectivity index (χ2n) is 11.1. The summed E-state index contributed by atoms with van der Waals surface area (Å²) in [6.07, 6.45) is 4.35. The first-order valence-electron chi connectivity index (χ1n) is 13.0. The van der Waals surface area contributed by atoms with E-state index in [1.807, 2.05) is 51.1 Å². The Kier molecular flexibility index (Phi) is 7.62. The number of carbonyl (C=O) groups is 3. The van der Waals surface area contributed by atoms with E-state index in [2.05, 4.69) is 13.2 Å². The Morgan fingerprint density at radius 1 is 1.27 bits per heavy atom. The zero-order valence-corrected chi connectivity index (χ0v) is 22.0. The lowest BCUT2D eigenvalue weighted by atomic mass is 9.70. The number of amides is 2. The van der Waals surface area contributed by atoms with Crippen LogP contribution in [0, 0.1) is 11.8 Å². The van der Waals surface area contributed by atoms with E-state index in [-0.39, 0.29) is 31.6 Å². The Bertz CT molecular complexity index is 1050. The number of aliphatic hydroxyl groups is 1. The number of hydrogen-bond acceptors (Lipinski definition) is 6. The minimum absolute atomic E-state index is 0.173. The number of fused-ring (bicyclic) bond motifs is 1. The molecule has 37 heavy (non-hydrogen) atoms. The first kappa shape index (κ1) is 27.1. The van der Waals surface area contributed by atoms with E-state index in [0.717, 1.165) is 0 Å². The summed E-state index contributed by atoms with van der Waals surface area (Å²) in [5.74, 6) is -2.79. The van der Waals surface area contributed by atoms with Gasteiger partial charge >= 0.3 is 5.97 Å². The number of esters is 1. The number of rotatable bonds is 10. The Morgan fingerprint density at radius 2 is 1.97 bits per heavy atom. The molecule has 6 atom stereocenters. The van der Waals surface area contributed by atoms with Crippen molar-refractivity contribution in [3.63, 3.8) is 0 Å². The predicted molar refractivity (Wildman–Crippen MR) is 138 cm³/mol. The molecule has 3 saturated heterocycles. The molecule has 3 fully saturated rings. The quantitative estimate of drug-likeness (QED) is 0.295. The van der Waals surface area contributed by atoms with Crippen LogP contribution in [-0.4, -0.2) is 75.7 Å². The fraction of sp³-hybridized carbons (Fsp3) is 0.552. The molecule has 2 amide bonds. The van der Waals surface area contributed by atoms with Crippen LogP contribution in [0.1, 0.15) is 51.6 Å². The normalized spacial score (nSPS) is 29.1. The van der Waals surface area contributed by atoms with E-state index < -0.39 is 47.1 Å². The van der Waals surface area contributed by atoms with E-state index in [9.17, 15) is 19.5 Å². The number of nitrogens with zero attached hydrogens (tertiary/aromatic N) is 2. The van der Waals surface area contributed by atoms with Crippen molar-refractivity contribution in [2.45, 2.75) is 69.4 Å². The second-order valence-corrected chi connectivity index (χ2v) is 11.1. The third-order valence-electron chi connectivity index (χ3n) is 7.89. The Hall–Kier alpha value is -2.97. The lowest BCUT2D eigenvalue weighted by Gasteiger charge is -2.43. The number of benzene rings is 1. The molecule has 200 valence electrons. The van der Waals surface area contributed by atoms with Crippen molar-refractivity contribution in [2.75, 3.05) is 19.8 Å². The molecule has 8 heteroatoms. The molecule has 2 unspecified atom stereocenters. The van der Waals surface area contributed by atoms with Gasteiger partial charge < -0.3 is 24.4 Å². The minimum atomic E-state index is -1.17. The maximum Gasteiger partial charge on any atom is 0.312 e. The Balaban J connectivity index is 1.81. The summed E-state index contributed by atoms with van der Waals surface area (Å²) >= 11 is 0. The van der Waals surface area contributed by atoms with E-state index in [4.69, 9.17) is 9.47 Å². The van der Waals surface area contributed by atoms with Crippen molar-refractivity contribution in [1.29, 1.82) is 0 Å². The van der Waals surface area contributed by atoms with Gasteiger partial charge in [-0.05, 0) is 45.6 Å². The highest BCUT2D eigenvalue weighted by Crippen LogP contribution is 2.60. The third-order valence-corrected chi connectivity index (χ3v) is 7.89. The molecule has 1 N–H and O–H groups in total. The van der Waals surface area contributed by atoms with Gasteiger partial charge in [0.25, 0.3) is 0 Å². The fourth-order valence-corrected chi connectivity index (χ4v) is 6.31. The van der Waals surface area contributed by atoms with Gasteiger partial charge in [0.1, 0.15) is 11.6 Å². The van der Waals surface area contributed by atoms with Gasteiger partial charge in [-0.15, -0.1) is 13.2 Å². The van der Waals surface area contributed by atoms with Crippen LogP contribution in [0.15, 0.2) is 55.6 Å². The van der Waals surface area contributed by atoms with Gasteiger partial charge in [-0.2, -0.15) is 0 Å².